The summed E-state index contributed by atoms with van der Waals surface area (Å²) < 4.78 is 314. The Bertz CT molecular complexity index is 1600. The Morgan fingerprint density at radius 2 is 0.906 bits per heavy atom. The predicted molar refractivity (Wildman–Crippen MR) is 134 cm³/mol. The van der Waals surface area contributed by atoms with Crippen molar-refractivity contribution >= 4 is 36.2 Å². The molecule has 2 atom stereocenters. The third-order valence-corrected chi connectivity index (χ3v) is 9.73. The number of nitrogens with zero attached hydrogens (tertiary/aromatic N) is 1. The van der Waals surface area contributed by atoms with E-state index in [1.165, 1.54) is 0 Å². The van der Waals surface area contributed by atoms with Gasteiger partial charge in [-0.3, -0.25) is 9.11 Å². The molecular formula is C19H24F17N2O12S3+. The van der Waals surface area contributed by atoms with Gasteiger partial charge in [0.15, 0.2) is 6.54 Å². The Morgan fingerprint density at radius 1 is 0.585 bits per heavy atom. The molecule has 6 N–H and O–H groups in total. The van der Waals surface area contributed by atoms with Crippen LogP contribution in [0.4, 0.5) is 74.6 Å². The van der Waals surface area contributed by atoms with E-state index in [4.69, 9.17) is 9.11 Å². The van der Waals surface area contributed by atoms with Crippen molar-refractivity contribution in [1.82, 2.24) is 4.72 Å². The van der Waals surface area contributed by atoms with Crippen molar-refractivity contribution in [2.45, 2.75) is 65.6 Å². The van der Waals surface area contributed by atoms with Gasteiger partial charge in [0.1, 0.15) is 36.8 Å². The molecule has 0 aromatic heterocycles. The first kappa shape index (κ1) is 50.9. The van der Waals surface area contributed by atoms with Crippen LogP contribution in [0.25, 0.3) is 0 Å². The number of hydrogen-bond acceptors (Lipinski definition) is 9. The number of carboxylic acid groups (broad SMARTS) is 1. The summed E-state index contributed by atoms with van der Waals surface area (Å²) >= 11 is 0. The van der Waals surface area contributed by atoms with Crippen molar-refractivity contribution in [2.24, 2.45) is 0 Å². The average Bonchev–Trinajstić information content (AvgIpc) is 2.86. The third-order valence-electron chi connectivity index (χ3n) is 6.60. The van der Waals surface area contributed by atoms with Crippen molar-refractivity contribution in [3.63, 3.8) is 0 Å². The number of halogens is 17. The molecule has 53 heavy (non-hydrogen) atoms. The van der Waals surface area contributed by atoms with Gasteiger partial charge in [-0.1, -0.05) is 0 Å². The van der Waals surface area contributed by atoms with Gasteiger partial charge < -0.3 is 19.8 Å². The highest BCUT2D eigenvalue weighted by molar-refractivity contribution is 7.90. The Kier molecular flexibility index (Phi) is 14.8. The summed E-state index contributed by atoms with van der Waals surface area (Å²) in [5, 5.41) is 21.2. The molecule has 0 aliphatic carbocycles. The number of rotatable bonds is 22. The maximum absolute atomic E-state index is 14.3. The number of nitrogens with one attached hydrogen (secondary N) is 1. The number of aliphatic hydroxyl groups excluding tert-OH is 2. The second kappa shape index (κ2) is 15.4. The fourth-order valence-electron chi connectivity index (χ4n) is 4.27. The minimum atomic E-state index is -9.08. The summed E-state index contributed by atoms with van der Waals surface area (Å²) in [5.41, 5.74) is 0. The van der Waals surface area contributed by atoms with E-state index < -0.39 is 151 Å². The zero-order valence-electron chi connectivity index (χ0n) is 25.0. The molecule has 0 aliphatic rings. The highest BCUT2D eigenvalue weighted by Gasteiger charge is 2.96. The molecule has 14 nitrogen and oxygen atoms in total. The number of quaternary nitrogens is 1. The van der Waals surface area contributed by atoms with Crippen LogP contribution in [0.3, 0.4) is 0 Å². The minimum Gasteiger partial charge on any atom is -0.477 e. The number of sulfonamides is 1. The van der Waals surface area contributed by atoms with Gasteiger partial charge in [0.05, 0.1) is 6.54 Å². The first-order chi connectivity index (χ1) is 22.8. The van der Waals surface area contributed by atoms with Gasteiger partial charge in [0, 0.05) is 13.0 Å². The number of aliphatic hydroxyl groups is 2. The van der Waals surface area contributed by atoms with Gasteiger partial charge in [-0.05, 0) is 0 Å². The van der Waals surface area contributed by atoms with Crippen LogP contribution in [-0.2, 0) is 35.1 Å². The number of aliphatic carboxylic acids is 1. The molecule has 0 amide bonds. The van der Waals surface area contributed by atoms with Crippen LogP contribution in [0.5, 0.6) is 0 Å². The SMILES string of the molecule is O=C(O)C[N+](CCCNS(=O)(=O)C(F)(F)C(F)(F)C(F)(F)C(F)(F)C(F)(F)C(F)(F)C(F)(F)C(F)(F)F)(CC(O)CS(=O)(=O)O)CC(O)CS(=O)(=O)O. The first-order valence-corrected chi connectivity index (χ1v) is 17.6. The molecule has 0 aromatic carbocycles. The Balaban J connectivity index is 6.72. The van der Waals surface area contributed by atoms with Gasteiger partial charge >= 0.3 is 52.9 Å². The van der Waals surface area contributed by atoms with Crippen LogP contribution in [0.1, 0.15) is 6.42 Å². The molecule has 0 bridgehead atoms. The lowest BCUT2D eigenvalue weighted by molar-refractivity contribution is -0.926. The van der Waals surface area contributed by atoms with Gasteiger partial charge in [-0.2, -0.15) is 91.5 Å². The Hall–Kier alpha value is -2.11. The summed E-state index contributed by atoms with van der Waals surface area (Å²) in [6, 6.07) is 0. The van der Waals surface area contributed by atoms with Gasteiger partial charge in [-0.25, -0.2) is 17.9 Å². The van der Waals surface area contributed by atoms with E-state index in [0.717, 1.165) is 0 Å². The summed E-state index contributed by atoms with van der Waals surface area (Å²) in [5.74, 6) is -58.4. The van der Waals surface area contributed by atoms with Crippen molar-refractivity contribution in [2.75, 3.05) is 44.2 Å². The monoisotopic (exact) mass is 891 g/mol. The molecule has 0 aromatic rings. The number of carboxylic acids is 1. The van der Waals surface area contributed by atoms with Crippen LogP contribution >= 0.6 is 0 Å². The fraction of sp³-hybridized carbons (Fsp3) is 0.947. The molecule has 318 valence electrons. The highest BCUT2D eigenvalue weighted by atomic mass is 32.2. The molecule has 0 saturated carbocycles. The van der Waals surface area contributed by atoms with Gasteiger partial charge in [0.25, 0.3) is 30.3 Å². The standard InChI is InChI=1S/C19H23F17N2O12S3/c20-12(21,14(24,25)16(28,29)18(32,33)34)13(22,23)15(26,27)17(30,31)19(35,36)53(49,50)37-2-1-3-38(6-11(41)42,4-9(39)7-51(43,44)45)5-10(40)8-52(46,47)48/h9-10,37,39-40H,1-8H2,(H2-,41,42,43,44,45,46,47,48)/p+1. The highest BCUT2D eigenvalue weighted by Crippen LogP contribution is 2.64. The molecule has 0 fully saturated rings. The van der Waals surface area contributed by atoms with E-state index in [0.29, 0.717) is 0 Å². The summed E-state index contributed by atoms with van der Waals surface area (Å²) in [6.07, 6.45) is -14.3. The predicted octanol–water partition coefficient (Wildman–Crippen LogP) is 1.66. The fourth-order valence-corrected chi connectivity index (χ4v) is 6.51. The molecule has 0 heterocycles. The van der Waals surface area contributed by atoms with E-state index in [9.17, 15) is 120 Å². The molecule has 0 radical (unpaired) electrons. The van der Waals surface area contributed by atoms with Crippen molar-refractivity contribution < 1.29 is 134 Å². The van der Waals surface area contributed by atoms with Crippen LogP contribution in [0, 0.1) is 0 Å². The van der Waals surface area contributed by atoms with Crippen molar-refractivity contribution in [3.05, 3.63) is 0 Å². The molecule has 0 aliphatic heterocycles. The zero-order chi connectivity index (χ0) is 43.1. The van der Waals surface area contributed by atoms with Crippen molar-refractivity contribution in [3.8, 4) is 0 Å². The molecule has 0 saturated heterocycles. The summed E-state index contributed by atoms with van der Waals surface area (Å²) in [4.78, 5) is 11.5. The summed E-state index contributed by atoms with van der Waals surface area (Å²) in [6.45, 7) is -7.50. The largest absolute Gasteiger partial charge is 0.477 e. The smallest absolute Gasteiger partial charge is 0.460 e. The summed E-state index contributed by atoms with van der Waals surface area (Å²) in [7, 11) is -18.1. The maximum atomic E-state index is 14.3. The third kappa shape index (κ3) is 10.6. The van der Waals surface area contributed by atoms with Crippen LogP contribution in [0.15, 0.2) is 0 Å². The Labute approximate surface area is 284 Å². The minimum absolute atomic E-state index is 0.256. The topological polar surface area (TPSA) is 233 Å². The maximum Gasteiger partial charge on any atom is 0.460 e. The van der Waals surface area contributed by atoms with Gasteiger partial charge in [-0.15, -0.1) is 0 Å². The lowest BCUT2D eigenvalue weighted by Crippen LogP contribution is -2.75. The zero-order valence-corrected chi connectivity index (χ0v) is 27.5. The van der Waals surface area contributed by atoms with Crippen LogP contribution < -0.4 is 4.72 Å². The van der Waals surface area contributed by atoms with Crippen LogP contribution in [-0.4, -0.2) is 164 Å². The number of alkyl halides is 17. The Morgan fingerprint density at radius 3 is 1.21 bits per heavy atom. The van der Waals surface area contributed by atoms with E-state index in [1.54, 1.807) is 0 Å². The molecule has 0 rings (SSSR count). The number of hydrogen-bond donors (Lipinski definition) is 6. The molecule has 2 unspecified atom stereocenters. The van der Waals surface area contributed by atoms with E-state index >= 15 is 0 Å². The van der Waals surface area contributed by atoms with E-state index in [1.807, 2.05) is 0 Å². The average molecular weight is 892 g/mol. The van der Waals surface area contributed by atoms with E-state index in [-0.39, 0.29) is 4.72 Å². The molecular weight excluding hydrogens is 867 g/mol. The second-order valence-corrected chi connectivity index (χ2v) is 15.8. The van der Waals surface area contributed by atoms with Crippen molar-refractivity contribution in [1.29, 1.82) is 0 Å². The lowest BCUT2D eigenvalue weighted by Gasteiger charge is -2.42. The second-order valence-electron chi connectivity index (χ2n) is 11.0. The molecule has 34 heteroatoms. The first-order valence-electron chi connectivity index (χ1n) is 12.9. The lowest BCUT2D eigenvalue weighted by atomic mass is 9.91. The van der Waals surface area contributed by atoms with Gasteiger partial charge in [0.2, 0.25) is 0 Å². The van der Waals surface area contributed by atoms with Crippen LogP contribution in [0.2, 0.25) is 0 Å². The normalized spacial score (nSPS) is 17.7. The van der Waals surface area contributed by atoms with E-state index in [2.05, 4.69) is 0 Å². The number of carbonyl (C=O) groups is 1. The molecule has 0 spiro atoms. The quantitative estimate of drug-likeness (QED) is 0.0395.